The lowest BCUT2D eigenvalue weighted by Crippen LogP contribution is -2.46. The fraction of sp³-hybridized carbons (Fsp3) is 0.857. The van der Waals surface area contributed by atoms with Crippen molar-refractivity contribution in [1.82, 2.24) is 4.90 Å². The van der Waals surface area contributed by atoms with Crippen LogP contribution in [0.2, 0.25) is 6.04 Å². The Labute approximate surface area is 125 Å². The SMILES string of the molecule is C=CCN(CCN)CCC[Si](OCC)(OCC)OCC. The normalized spacial score (nSPS) is 12.1. The van der Waals surface area contributed by atoms with Gasteiger partial charge in [0.1, 0.15) is 0 Å². The molecule has 0 unspecified atom stereocenters. The van der Waals surface area contributed by atoms with E-state index < -0.39 is 8.80 Å². The molecule has 0 aromatic heterocycles. The summed E-state index contributed by atoms with van der Waals surface area (Å²) in [5.41, 5.74) is 5.62. The van der Waals surface area contributed by atoms with Crippen molar-refractivity contribution in [3.8, 4) is 0 Å². The minimum atomic E-state index is -2.49. The van der Waals surface area contributed by atoms with Crippen LogP contribution in [0.4, 0.5) is 0 Å². The second-order valence-electron chi connectivity index (χ2n) is 4.46. The zero-order valence-corrected chi connectivity index (χ0v) is 14.4. The summed E-state index contributed by atoms with van der Waals surface area (Å²) >= 11 is 0. The third-order valence-electron chi connectivity index (χ3n) is 2.88. The molecule has 0 aromatic carbocycles. The van der Waals surface area contributed by atoms with Gasteiger partial charge in [0.2, 0.25) is 0 Å². The quantitative estimate of drug-likeness (QED) is 0.392. The van der Waals surface area contributed by atoms with Crippen LogP contribution in [0, 0.1) is 0 Å². The molecule has 0 heterocycles. The summed E-state index contributed by atoms with van der Waals surface area (Å²) in [6.45, 7) is 15.0. The minimum Gasteiger partial charge on any atom is -0.374 e. The monoisotopic (exact) mass is 304 g/mol. The number of nitrogens with two attached hydrogens (primary N) is 1. The molecule has 0 saturated heterocycles. The second-order valence-corrected chi connectivity index (χ2v) is 7.20. The molecule has 0 saturated carbocycles. The van der Waals surface area contributed by atoms with Crippen molar-refractivity contribution in [1.29, 1.82) is 0 Å². The molecular formula is C14H32N2O3Si. The smallest absolute Gasteiger partial charge is 0.374 e. The maximum absolute atomic E-state index is 5.84. The summed E-state index contributed by atoms with van der Waals surface area (Å²) in [7, 11) is -2.49. The molecule has 120 valence electrons. The van der Waals surface area contributed by atoms with Crippen LogP contribution >= 0.6 is 0 Å². The van der Waals surface area contributed by atoms with Gasteiger partial charge in [-0.25, -0.2) is 0 Å². The minimum absolute atomic E-state index is 0.630. The second kappa shape index (κ2) is 12.5. The average molecular weight is 305 g/mol. The first kappa shape index (κ1) is 19.8. The Hall–Kier alpha value is -0.243. The van der Waals surface area contributed by atoms with Crippen LogP contribution < -0.4 is 5.73 Å². The van der Waals surface area contributed by atoms with Crippen molar-refractivity contribution < 1.29 is 13.3 Å². The molecule has 0 rings (SSSR count). The van der Waals surface area contributed by atoms with Crippen LogP contribution in [0.15, 0.2) is 12.7 Å². The van der Waals surface area contributed by atoms with Crippen LogP contribution in [0.1, 0.15) is 27.2 Å². The van der Waals surface area contributed by atoms with Crippen LogP contribution in [-0.4, -0.2) is 59.7 Å². The molecule has 0 aliphatic rings. The van der Waals surface area contributed by atoms with Gasteiger partial charge in [0.05, 0.1) is 0 Å². The van der Waals surface area contributed by atoms with Gasteiger partial charge in [-0.15, -0.1) is 6.58 Å². The highest BCUT2D eigenvalue weighted by atomic mass is 28.4. The molecule has 6 heteroatoms. The molecule has 5 nitrogen and oxygen atoms in total. The van der Waals surface area contributed by atoms with E-state index in [1.165, 1.54) is 0 Å². The molecule has 0 amide bonds. The van der Waals surface area contributed by atoms with Gasteiger partial charge in [-0.1, -0.05) is 6.08 Å². The molecule has 0 radical (unpaired) electrons. The summed E-state index contributed by atoms with van der Waals surface area (Å²) in [5, 5.41) is 0. The Morgan fingerprint density at radius 1 is 1.05 bits per heavy atom. The van der Waals surface area contributed by atoms with Gasteiger partial charge in [-0.05, 0) is 33.7 Å². The molecule has 0 atom stereocenters. The summed E-state index contributed by atoms with van der Waals surface area (Å²) in [5.74, 6) is 0. The average Bonchev–Trinajstić information content (AvgIpc) is 2.40. The number of hydrogen-bond donors (Lipinski definition) is 1. The largest absolute Gasteiger partial charge is 0.500 e. The topological polar surface area (TPSA) is 57.0 Å². The van der Waals surface area contributed by atoms with Crippen molar-refractivity contribution in [3.63, 3.8) is 0 Å². The molecular weight excluding hydrogens is 272 g/mol. The van der Waals surface area contributed by atoms with E-state index in [0.717, 1.165) is 32.1 Å². The van der Waals surface area contributed by atoms with Gasteiger partial charge >= 0.3 is 8.80 Å². The Bertz CT molecular complexity index is 225. The third kappa shape index (κ3) is 8.14. The van der Waals surface area contributed by atoms with Gasteiger partial charge in [0, 0.05) is 45.5 Å². The van der Waals surface area contributed by atoms with Gasteiger partial charge in [0.15, 0.2) is 0 Å². The molecule has 0 aliphatic heterocycles. The predicted octanol–water partition coefficient (Wildman–Crippen LogP) is 1.87. The first-order valence-corrected chi connectivity index (χ1v) is 9.56. The summed E-state index contributed by atoms with van der Waals surface area (Å²) < 4.78 is 17.5. The van der Waals surface area contributed by atoms with E-state index in [4.69, 9.17) is 19.0 Å². The van der Waals surface area contributed by atoms with Crippen molar-refractivity contribution in [2.24, 2.45) is 5.73 Å². The van der Waals surface area contributed by atoms with E-state index in [1.807, 2.05) is 26.8 Å². The van der Waals surface area contributed by atoms with E-state index in [9.17, 15) is 0 Å². The first-order valence-electron chi connectivity index (χ1n) is 7.63. The van der Waals surface area contributed by atoms with E-state index in [0.29, 0.717) is 26.4 Å². The molecule has 0 aromatic rings. The highest BCUT2D eigenvalue weighted by molar-refractivity contribution is 6.60. The Morgan fingerprint density at radius 2 is 1.60 bits per heavy atom. The van der Waals surface area contributed by atoms with Gasteiger partial charge in [0.25, 0.3) is 0 Å². The Kier molecular flexibility index (Phi) is 12.3. The van der Waals surface area contributed by atoms with Crippen molar-refractivity contribution >= 4 is 8.80 Å². The van der Waals surface area contributed by atoms with E-state index in [-0.39, 0.29) is 0 Å². The highest BCUT2D eigenvalue weighted by Crippen LogP contribution is 2.18. The molecule has 0 spiro atoms. The molecule has 20 heavy (non-hydrogen) atoms. The van der Waals surface area contributed by atoms with E-state index in [1.54, 1.807) is 0 Å². The van der Waals surface area contributed by atoms with Crippen LogP contribution in [0.3, 0.4) is 0 Å². The highest BCUT2D eigenvalue weighted by Gasteiger charge is 2.39. The maximum Gasteiger partial charge on any atom is 0.500 e. The molecule has 0 aliphatic carbocycles. The van der Waals surface area contributed by atoms with Crippen LogP contribution in [0.5, 0.6) is 0 Å². The van der Waals surface area contributed by atoms with Gasteiger partial charge in [-0.2, -0.15) is 0 Å². The van der Waals surface area contributed by atoms with E-state index >= 15 is 0 Å². The molecule has 0 fully saturated rings. The lowest BCUT2D eigenvalue weighted by Gasteiger charge is -2.29. The van der Waals surface area contributed by atoms with E-state index in [2.05, 4.69) is 11.5 Å². The zero-order chi connectivity index (χ0) is 15.3. The van der Waals surface area contributed by atoms with Crippen LogP contribution in [0.25, 0.3) is 0 Å². The standard InChI is InChI=1S/C14H32N2O3Si/c1-5-11-16(13-10-15)12-9-14-20(17-6-2,18-7-3)19-8-4/h5H,1,6-15H2,2-4H3. The number of hydrogen-bond acceptors (Lipinski definition) is 5. The lowest BCUT2D eigenvalue weighted by molar-refractivity contribution is 0.0700. The third-order valence-corrected chi connectivity index (χ3v) is 6.03. The first-order chi connectivity index (χ1) is 9.67. The fourth-order valence-electron chi connectivity index (χ4n) is 2.18. The Balaban J connectivity index is 4.37. The maximum atomic E-state index is 5.84. The Morgan fingerprint density at radius 3 is 2.00 bits per heavy atom. The number of rotatable bonds is 14. The van der Waals surface area contributed by atoms with Gasteiger partial charge < -0.3 is 19.0 Å². The summed E-state index contributed by atoms with van der Waals surface area (Å²) in [4.78, 5) is 2.29. The lowest BCUT2D eigenvalue weighted by atomic mass is 10.4. The predicted molar refractivity (Wildman–Crippen MR) is 85.7 cm³/mol. The fourth-order valence-corrected chi connectivity index (χ4v) is 4.77. The zero-order valence-electron chi connectivity index (χ0n) is 13.4. The number of nitrogens with zero attached hydrogens (tertiary/aromatic N) is 1. The van der Waals surface area contributed by atoms with Crippen LogP contribution in [-0.2, 0) is 13.3 Å². The molecule has 2 N–H and O–H groups in total. The van der Waals surface area contributed by atoms with Crippen molar-refractivity contribution in [2.45, 2.75) is 33.2 Å². The van der Waals surface area contributed by atoms with Crippen molar-refractivity contribution in [2.75, 3.05) is 46.0 Å². The summed E-state index contributed by atoms with van der Waals surface area (Å²) in [6, 6.07) is 0.848. The van der Waals surface area contributed by atoms with Gasteiger partial charge in [-0.3, -0.25) is 4.90 Å². The van der Waals surface area contributed by atoms with Crippen molar-refractivity contribution in [3.05, 3.63) is 12.7 Å². The molecule has 0 bridgehead atoms. The summed E-state index contributed by atoms with van der Waals surface area (Å²) in [6.07, 6.45) is 2.90.